The molecule has 8 nitrogen and oxygen atoms in total. The molecule has 8 heteroatoms. The Bertz CT molecular complexity index is 753. The lowest BCUT2D eigenvalue weighted by Crippen LogP contribution is -2.34. The van der Waals surface area contributed by atoms with E-state index in [2.05, 4.69) is 9.97 Å². The molecule has 1 aliphatic heterocycles. The molecule has 1 fully saturated rings. The van der Waals surface area contributed by atoms with Crippen LogP contribution in [0.4, 0.5) is 0 Å². The van der Waals surface area contributed by atoms with Gasteiger partial charge >= 0.3 is 0 Å². The number of carbonyl (C=O) groups is 1. The SMILES string of the molecule is CCOc1ccc(OCC(=O)N2CCC(Oc3cncc(OC)n3)C2)cc1. The number of methoxy groups -OCH3 is 1. The van der Waals surface area contributed by atoms with Gasteiger partial charge in [-0.1, -0.05) is 0 Å². The van der Waals surface area contributed by atoms with Gasteiger partial charge in [0, 0.05) is 13.0 Å². The number of amides is 1. The van der Waals surface area contributed by atoms with E-state index < -0.39 is 0 Å². The van der Waals surface area contributed by atoms with Crippen molar-refractivity contribution in [2.24, 2.45) is 0 Å². The number of ether oxygens (including phenoxy) is 4. The molecule has 0 saturated carbocycles. The highest BCUT2D eigenvalue weighted by Crippen LogP contribution is 2.20. The Morgan fingerprint density at radius 2 is 1.85 bits per heavy atom. The summed E-state index contributed by atoms with van der Waals surface area (Å²) in [7, 11) is 1.52. The highest BCUT2D eigenvalue weighted by atomic mass is 16.5. The van der Waals surface area contributed by atoms with Gasteiger partial charge in [-0.05, 0) is 31.2 Å². The molecule has 1 amide bonds. The number of carbonyl (C=O) groups excluding carboxylic acids is 1. The van der Waals surface area contributed by atoms with Crippen molar-refractivity contribution in [1.29, 1.82) is 0 Å². The summed E-state index contributed by atoms with van der Waals surface area (Å²) in [5.74, 6) is 2.11. The molecule has 1 saturated heterocycles. The van der Waals surface area contributed by atoms with Crippen LogP contribution in [-0.2, 0) is 4.79 Å². The minimum atomic E-state index is -0.124. The zero-order chi connectivity index (χ0) is 19.1. The second-order valence-corrected chi connectivity index (χ2v) is 5.96. The molecule has 0 N–H and O–H groups in total. The summed E-state index contributed by atoms with van der Waals surface area (Å²) >= 11 is 0. The van der Waals surface area contributed by atoms with Gasteiger partial charge in [-0.2, -0.15) is 4.98 Å². The molecule has 0 radical (unpaired) electrons. The third-order valence-corrected chi connectivity index (χ3v) is 4.08. The molecule has 27 heavy (non-hydrogen) atoms. The number of hydrogen-bond donors (Lipinski definition) is 0. The van der Waals surface area contributed by atoms with Gasteiger partial charge in [0.2, 0.25) is 11.8 Å². The summed E-state index contributed by atoms with van der Waals surface area (Å²) in [6.07, 6.45) is 3.64. The molecule has 3 rings (SSSR count). The Balaban J connectivity index is 1.45. The highest BCUT2D eigenvalue weighted by Gasteiger charge is 2.28. The lowest BCUT2D eigenvalue weighted by atomic mass is 10.3. The summed E-state index contributed by atoms with van der Waals surface area (Å²) in [6, 6.07) is 7.21. The van der Waals surface area contributed by atoms with Crippen LogP contribution >= 0.6 is 0 Å². The fraction of sp³-hybridized carbons (Fsp3) is 0.421. The maximum absolute atomic E-state index is 12.4. The van der Waals surface area contributed by atoms with E-state index in [9.17, 15) is 4.79 Å². The molecule has 2 heterocycles. The van der Waals surface area contributed by atoms with E-state index in [1.54, 1.807) is 17.0 Å². The summed E-state index contributed by atoms with van der Waals surface area (Å²) in [4.78, 5) is 22.3. The second kappa shape index (κ2) is 9.07. The normalized spacial score (nSPS) is 16.1. The van der Waals surface area contributed by atoms with Crippen molar-refractivity contribution in [3.05, 3.63) is 36.7 Å². The maximum atomic E-state index is 12.4. The predicted octanol–water partition coefficient (Wildman–Crippen LogP) is 1.94. The van der Waals surface area contributed by atoms with Crippen LogP contribution in [0.25, 0.3) is 0 Å². The molecule has 144 valence electrons. The summed E-state index contributed by atoms with van der Waals surface area (Å²) in [5, 5.41) is 0. The fourth-order valence-corrected chi connectivity index (χ4v) is 2.74. The first-order valence-electron chi connectivity index (χ1n) is 8.84. The highest BCUT2D eigenvalue weighted by molar-refractivity contribution is 5.78. The van der Waals surface area contributed by atoms with Crippen LogP contribution in [0.2, 0.25) is 0 Å². The first-order chi connectivity index (χ1) is 13.2. The van der Waals surface area contributed by atoms with E-state index in [0.717, 1.165) is 12.2 Å². The number of nitrogens with zero attached hydrogens (tertiary/aromatic N) is 3. The molecule has 0 spiro atoms. The van der Waals surface area contributed by atoms with Crippen LogP contribution in [0, 0.1) is 0 Å². The molecular weight excluding hydrogens is 350 g/mol. The molecule has 1 aromatic carbocycles. The standard InChI is InChI=1S/C19H23N3O5/c1-3-25-14-4-6-15(7-5-14)26-13-19(23)22-9-8-16(12-22)27-18-11-20-10-17(21-18)24-2/h4-7,10-11,16H,3,8-9,12-13H2,1-2H3. The minimum absolute atomic E-state index is 0.0142. The molecule has 1 unspecified atom stereocenters. The molecule has 2 aromatic rings. The van der Waals surface area contributed by atoms with Gasteiger partial charge in [0.25, 0.3) is 5.91 Å². The second-order valence-electron chi connectivity index (χ2n) is 5.96. The third kappa shape index (κ3) is 5.22. The van der Waals surface area contributed by atoms with E-state index in [1.807, 2.05) is 19.1 Å². The molecular formula is C19H23N3O5. The molecule has 1 aliphatic rings. The van der Waals surface area contributed by atoms with Crippen LogP contribution in [0.5, 0.6) is 23.3 Å². The Morgan fingerprint density at radius 1 is 1.15 bits per heavy atom. The van der Waals surface area contributed by atoms with E-state index in [-0.39, 0.29) is 18.6 Å². The molecule has 0 aliphatic carbocycles. The van der Waals surface area contributed by atoms with Crippen molar-refractivity contribution in [2.45, 2.75) is 19.4 Å². The lowest BCUT2D eigenvalue weighted by molar-refractivity contribution is -0.132. The summed E-state index contributed by atoms with van der Waals surface area (Å²) < 4.78 is 21.8. The lowest BCUT2D eigenvalue weighted by Gasteiger charge is -2.17. The van der Waals surface area contributed by atoms with Crippen molar-refractivity contribution >= 4 is 5.91 Å². The fourth-order valence-electron chi connectivity index (χ4n) is 2.74. The van der Waals surface area contributed by atoms with Gasteiger partial charge in [0.05, 0.1) is 32.7 Å². The largest absolute Gasteiger partial charge is 0.494 e. The smallest absolute Gasteiger partial charge is 0.260 e. The molecule has 0 bridgehead atoms. The van der Waals surface area contributed by atoms with Gasteiger partial charge < -0.3 is 23.8 Å². The first kappa shape index (κ1) is 18.8. The number of rotatable bonds is 8. The van der Waals surface area contributed by atoms with Crippen LogP contribution in [0.3, 0.4) is 0 Å². The predicted molar refractivity (Wildman–Crippen MR) is 97.3 cm³/mol. The number of hydrogen-bond acceptors (Lipinski definition) is 7. The number of benzene rings is 1. The maximum Gasteiger partial charge on any atom is 0.260 e. The van der Waals surface area contributed by atoms with Gasteiger partial charge in [-0.25, -0.2) is 0 Å². The van der Waals surface area contributed by atoms with E-state index in [4.69, 9.17) is 18.9 Å². The monoisotopic (exact) mass is 373 g/mol. The van der Waals surface area contributed by atoms with Crippen molar-refractivity contribution in [3.8, 4) is 23.3 Å². The summed E-state index contributed by atoms with van der Waals surface area (Å²) in [6.45, 7) is 3.63. The van der Waals surface area contributed by atoms with E-state index in [1.165, 1.54) is 19.5 Å². The van der Waals surface area contributed by atoms with Gasteiger partial charge in [0.15, 0.2) is 6.61 Å². The van der Waals surface area contributed by atoms with Crippen molar-refractivity contribution in [3.63, 3.8) is 0 Å². The number of aromatic nitrogens is 2. The third-order valence-electron chi connectivity index (χ3n) is 4.08. The Morgan fingerprint density at radius 3 is 2.56 bits per heavy atom. The van der Waals surface area contributed by atoms with Gasteiger partial charge in [-0.3, -0.25) is 9.78 Å². The van der Waals surface area contributed by atoms with Crippen LogP contribution < -0.4 is 18.9 Å². The quantitative estimate of drug-likeness (QED) is 0.699. The van der Waals surface area contributed by atoms with Crippen molar-refractivity contribution in [1.82, 2.24) is 14.9 Å². The van der Waals surface area contributed by atoms with Gasteiger partial charge in [-0.15, -0.1) is 0 Å². The van der Waals surface area contributed by atoms with E-state index in [0.29, 0.717) is 37.2 Å². The Hall–Kier alpha value is -3.03. The number of likely N-dealkylation sites (tertiary alicyclic amines) is 1. The van der Waals surface area contributed by atoms with Crippen molar-refractivity contribution < 1.29 is 23.7 Å². The molecule has 1 atom stereocenters. The Labute approximate surface area is 158 Å². The minimum Gasteiger partial charge on any atom is -0.494 e. The average molecular weight is 373 g/mol. The zero-order valence-electron chi connectivity index (χ0n) is 15.5. The van der Waals surface area contributed by atoms with E-state index >= 15 is 0 Å². The van der Waals surface area contributed by atoms with Crippen LogP contribution in [0.15, 0.2) is 36.7 Å². The van der Waals surface area contributed by atoms with Crippen LogP contribution in [-0.4, -0.2) is 60.3 Å². The molecule has 1 aromatic heterocycles. The van der Waals surface area contributed by atoms with Crippen LogP contribution in [0.1, 0.15) is 13.3 Å². The topological polar surface area (TPSA) is 83.0 Å². The summed E-state index contributed by atoms with van der Waals surface area (Å²) in [5.41, 5.74) is 0. The zero-order valence-corrected chi connectivity index (χ0v) is 15.5. The average Bonchev–Trinajstić information content (AvgIpc) is 3.16. The van der Waals surface area contributed by atoms with Crippen molar-refractivity contribution in [2.75, 3.05) is 33.4 Å². The first-order valence-corrected chi connectivity index (χ1v) is 8.84. The van der Waals surface area contributed by atoms with Gasteiger partial charge in [0.1, 0.15) is 17.6 Å². The Kier molecular flexibility index (Phi) is 6.30.